The zero-order valence-corrected chi connectivity index (χ0v) is 20.5. The molecule has 0 radical (unpaired) electrons. The Bertz CT molecular complexity index is 1370. The number of halogens is 1. The Morgan fingerprint density at radius 3 is 2.24 bits per heavy atom. The number of rotatable bonds is 3. The van der Waals surface area contributed by atoms with Crippen molar-refractivity contribution in [1.29, 1.82) is 0 Å². The van der Waals surface area contributed by atoms with Gasteiger partial charge in [-0.1, -0.05) is 41.9 Å². The van der Waals surface area contributed by atoms with Crippen LogP contribution in [0.4, 0.5) is 21.9 Å². The Kier molecular flexibility index (Phi) is 6.38. The van der Waals surface area contributed by atoms with Gasteiger partial charge in [0, 0.05) is 19.7 Å². The van der Waals surface area contributed by atoms with Crippen molar-refractivity contribution in [3.05, 3.63) is 71.8 Å². The van der Waals surface area contributed by atoms with E-state index in [1.165, 1.54) is 6.92 Å². The number of sulfone groups is 1. The molecule has 0 bridgehead atoms. The molecule has 176 valence electrons. The van der Waals surface area contributed by atoms with Crippen molar-refractivity contribution in [3.8, 4) is 11.1 Å². The number of anilines is 3. The number of amides is 3. The maximum absolute atomic E-state index is 13.3. The largest absolute Gasteiger partial charge is 0.326 e. The predicted octanol–water partition coefficient (Wildman–Crippen LogP) is 5.20. The van der Waals surface area contributed by atoms with Crippen LogP contribution in [0.3, 0.4) is 0 Å². The third-order valence-corrected chi connectivity index (χ3v) is 7.19. The summed E-state index contributed by atoms with van der Waals surface area (Å²) < 4.78 is 23.6. The first kappa shape index (κ1) is 23.8. The quantitative estimate of drug-likeness (QED) is 0.538. The lowest BCUT2D eigenvalue weighted by molar-refractivity contribution is -0.117. The van der Waals surface area contributed by atoms with E-state index in [0.29, 0.717) is 28.6 Å². The van der Waals surface area contributed by atoms with Crippen LogP contribution in [0.2, 0.25) is 5.02 Å². The van der Waals surface area contributed by atoms with Gasteiger partial charge in [0.25, 0.3) is 0 Å². The molecule has 34 heavy (non-hydrogen) atoms. The molecule has 0 fully saturated rings. The Morgan fingerprint density at radius 1 is 0.971 bits per heavy atom. The second kappa shape index (κ2) is 9.12. The van der Waals surface area contributed by atoms with Gasteiger partial charge in [0.1, 0.15) is 0 Å². The summed E-state index contributed by atoms with van der Waals surface area (Å²) in [4.78, 5) is 29.2. The summed E-state index contributed by atoms with van der Waals surface area (Å²) >= 11 is 6.22. The van der Waals surface area contributed by atoms with Gasteiger partial charge in [0.15, 0.2) is 9.84 Å². The number of fused-ring (bicyclic) bond motifs is 1. The predicted molar refractivity (Wildman–Crippen MR) is 135 cm³/mol. The summed E-state index contributed by atoms with van der Waals surface area (Å²) in [6.07, 6.45) is 1.16. The van der Waals surface area contributed by atoms with E-state index in [9.17, 15) is 18.0 Å². The zero-order chi connectivity index (χ0) is 24.6. The van der Waals surface area contributed by atoms with Crippen LogP contribution in [0.5, 0.6) is 0 Å². The zero-order valence-electron chi connectivity index (χ0n) is 18.9. The first-order valence-corrected chi connectivity index (χ1v) is 12.9. The molecule has 0 spiro atoms. The van der Waals surface area contributed by atoms with Crippen molar-refractivity contribution < 1.29 is 18.0 Å². The molecule has 0 aliphatic carbocycles. The van der Waals surface area contributed by atoms with Crippen LogP contribution in [0.15, 0.2) is 71.6 Å². The number of nitrogens with zero attached hydrogens (tertiary/aromatic N) is 2. The molecule has 1 aliphatic rings. The number of para-hydroxylation sites is 1. The highest BCUT2D eigenvalue weighted by Gasteiger charge is 2.34. The monoisotopic (exact) mass is 497 g/mol. The maximum Gasteiger partial charge on any atom is 0.326 e. The van der Waals surface area contributed by atoms with Gasteiger partial charge in [-0.25, -0.2) is 13.2 Å². The lowest BCUT2D eigenvalue weighted by atomic mass is 10.0. The van der Waals surface area contributed by atoms with E-state index < -0.39 is 9.84 Å². The highest BCUT2D eigenvalue weighted by atomic mass is 35.5. The summed E-state index contributed by atoms with van der Waals surface area (Å²) in [5.74, 6) is -0.120. The lowest BCUT2D eigenvalue weighted by Crippen LogP contribution is -2.52. The minimum atomic E-state index is -3.31. The molecule has 3 aromatic rings. The number of nitrogens with one attached hydrogen (secondary N) is 1. The first-order valence-electron chi connectivity index (χ1n) is 10.6. The maximum atomic E-state index is 13.3. The van der Waals surface area contributed by atoms with E-state index in [1.54, 1.807) is 58.3 Å². The Morgan fingerprint density at radius 2 is 1.62 bits per heavy atom. The van der Waals surface area contributed by atoms with E-state index in [-0.39, 0.29) is 22.9 Å². The standard InChI is InChI=1S/C25H24ClN3O4S/c1-16-15-28(25(31)27-22-7-5-4-6-21(22)26)24-14-19(10-13-23(24)29(16)17(2)30)18-8-11-20(12-9-18)34(3,32)33/h4-14,16H,15H2,1-3H3,(H,27,31). The van der Waals surface area contributed by atoms with Gasteiger partial charge in [-0.2, -0.15) is 0 Å². The van der Waals surface area contributed by atoms with Crippen molar-refractivity contribution in [1.82, 2.24) is 0 Å². The topological polar surface area (TPSA) is 86.8 Å². The molecular formula is C25H24ClN3O4S. The van der Waals surface area contributed by atoms with Crippen molar-refractivity contribution in [2.45, 2.75) is 24.8 Å². The van der Waals surface area contributed by atoms with Crippen LogP contribution >= 0.6 is 11.6 Å². The second-order valence-corrected chi connectivity index (χ2v) is 10.7. The lowest BCUT2D eigenvalue weighted by Gasteiger charge is -2.41. The fourth-order valence-electron chi connectivity index (χ4n) is 4.12. The van der Waals surface area contributed by atoms with Crippen LogP contribution in [0, 0.1) is 0 Å². The summed E-state index contributed by atoms with van der Waals surface area (Å²) in [6, 6.07) is 18.4. The molecular weight excluding hydrogens is 474 g/mol. The molecule has 3 aromatic carbocycles. The first-order chi connectivity index (χ1) is 16.1. The van der Waals surface area contributed by atoms with Crippen molar-refractivity contribution in [2.75, 3.05) is 27.9 Å². The highest BCUT2D eigenvalue weighted by Crippen LogP contribution is 2.39. The van der Waals surface area contributed by atoms with Crippen LogP contribution in [0.25, 0.3) is 11.1 Å². The average molecular weight is 498 g/mol. The summed E-state index contributed by atoms with van der Waals surface area (Å²) in [5.41, 5.74) is 3.26. The number of benzene rings is 3. The Hall–Kier alpha value is -3.36. The third-order valence-electron chi connectivity index (χ3n) is 5.73. The molecule has 3 amide bonds. The van der Waals surface area contributed by atoms with E-state index in [4.69, 9.17) is 11.6 Å². The third kappa shape index (κ3) is 4.64. The summed E-state index contributed by atoms with van der Waals surface area (Å²) in [6.45, 7) is 3.68. The van der Waals surface area contributed by atoms with Crippen LogP contribution in [0.1, 0.15) is 13.8 Å². The van der Waals surface area contributed by atoms with Crippen LogP contribution in [-0.4, -0.2) is 39.2 Å². The number of hydrogen-bond acceptors (Lipinski definition) is 4. The van der Waals surface area contributed by atoms with Gasteiger partial charge in [0.2, 0.25) is 5.91 Å². The Labute approximate surface area is 203 Å². The smallest absolute Gasteiger partial charge is 0.306 e. The number of carbonyl (C=O) groups is 2. The molecule has 1 atom stereocenters. The van der Waals surface area contributed by atoms with Gasteiger partial charge < -0.3 is 10.2 Å². The van der Waals surface area contributed by atoms with Crippen molar-refractivity contribution in [3.63, 3.8) is 0 Å². The molecule has 0 aromatic heterocycles. The average Bonchev–Trinajstić information content (AvgIpc) is 2.79. The van der Waals surface area contributed by atoms with E-state index in [1.807, 2.05) is 25.1 Å². The van der Waals surface area contributed by atoms with Crippen molar-refractivity contribution in [2.24, 2.45) is 0 Å². The molecule has 1 unspecified atom stereocenters. The minimum Gasteiger partial charge on any atom is -0.306 e. The second-order valence-electron chi connectivity index (χ2n) is 8.26. The van der Waals surface area contributed by atoms with Gasteiger partial charge in [-0.15, -0.1) is 0 Å². The fourth-order valence-corrected chi connectivity index (χ4v) is 4.93. The minimum absolute atomic E-state index is 0.120. The molecule has 1 N–H and O–H groups in total. The van der Waals surface area contributed by atoms with Gasteiger partial charge in [-0.05, 0) is 54.4 Å². The molecule has 1 heterocycles. The Balaban J connectivity index is 1.76. The molecule has 0 saturated carbocycles. The molecule has 7 nitrogen and oxygen atoms in total. The summed E-state index contributed by atoms with van der Waals surface area (Å²) in [7, 11) is -3.31. The van der Waals surface area contributed by atoms with Crippen molar-refractivity contribution >= 4 is 50.4 Å². The van der Waals surface area contributed by atoms with E-state index in [0.717, 1.165) is 17.4 Å². The van der Waals surface area contributed by atoms with Gasteiger partial charge in [0.05, 0.1) is 33.0 Å². The van der Waals surface area contributed by atoms with E-state index >= 15 is 0 Å². The normalized spacial score (nSPS) is 15.6. The SMILES string of the molecule is CC(=O)N1c2ccc(-c3ccc(S(C)(=O)=O)cc3)cc2N(C(=O)Nc2ccccc2Cl)CC1C. The highest BCUT2D eigenvalue weighted by molar-refractivity contribution is 7.90. The van der Waals surface area contributed by atoms with Crippen LogP contribution < -0.4 is 15.1 Å². The molecule has 4 rings (SSSR count). The van der Waals surface area contributed by atoms with Gasteiger partial charge >= 0.3 is 6.03 Å². The van der Waals surface area contributed by atoms with Crippen LogP contribution in [-0.2, 0) is 14.6 Å². The van der Waals surface area contributed by atoms with Gasteiger partial charge in [-0.3, -0.25) is 9.69 Å². The number of carbonyl (C=O) groups excluding carboxylic acids is 2. The fraction of sp³-hybridized carbons (Fsp3) is 0.200. The van der Waals surface area contributed by atoms with E-state index in [2.05, 4.69) is 5.32 Å². The number of hydrogen-bond donors (Lipinski definition) is 1. The number of urea groups is 1. The molecule has 9 heteroatoms. The molecule has 0 saturated heterocycles. The summed E-state index contributed by atoms with van der Waals surface area (Å²) in [5, 5.41) is 3.28. The molecule has 1 aliphatic heterocycles.